The molecule has 1 saturated heterocycles. The standard InChI is InChI=1S/C25H28N4O2/c1-26-14-19(27-2)15-28-16-23(22-9-5-7-18-6-3-4-8-21(18)22)24(17-28)25(31)29-12-10-20(30)11-13-29/h3-9,14,16-17,20,26,30H,2,10-13,15H2,1H3/b19-14-. The maximum Gasteiger partial charge on any atom is 0.256 e. The summed E-state index contributed by atoms with van der Waals surface area (Å²) in [4.78, 5) is 19.4. The first-order valence-corrected chi connectivity index (χ1v) is 10.6. The molecule has 2 heterocycles. The van der Waals surface area contributed by atoms with Crippen molar-refractivity contribution in [3.8, 4) is 11.1 Å². The Labute approximate surface area is 182 Å². The summed E-state index contributed by atoms with van der Waals surface area (Å²) >= 11 is 0. The number of aliphatic hydroxyl groups is 1. The summed E-state index contributed by atoms with van der Waals surface area (Å²) in [5.74, 6) is -0.000655. The minimum absolute atomic E-state index is 0.000655. The molecule has 3 aromatic rings. The zero-order chi connectivity index (χ0) is 21.8. The van der Waals surface area contributed by atoms with Gasteiger partial charge in [-0.15, -0.1) is 0 Å². The number of hydrogen-bond donors (Lipinski definition) is 2. The lowest BCUT2D eigenvalue weighted by atomic mass is 9.97. The van der Waals surface area contributed by atoms with E-state index in [1.807, 2.05) is 47.1 Å². The van der Waals surface area contributed by atoms with Gasteiger partial charge in [-0.3, -0.25) is 9.79 Å². The lowest BCUT2D eigenvalue weighted by molar-refractivity contribution is 0.0547. The van der Waals surface area contributed by atoms with Gasteiger partial charge < -0.3 is 19.9 Å². The number of rotatable bonds is 6. The summed E-state index contributed by atoms with van der Waals surface area (Å²) in [7, 11) is 1.82. The van der Waals surface area contributed by atoms with Crippen LogP contribution in [-0.2, 0) is 6.54 Å². The van der Waals surface area contributed by atoms with Gasteiger partial charge in [-0.1, -0.05) is 42.5 Å². The number of hydrogen-bond acceptors (Lipinski definition) is 4. The van der Waals surface area contributed by atoms with Crippen molar-refractivity contribution in [1.82, 2.24) is 14.8 Å². The fourth-order valence-corrected chi connectivity index (χ4v) is 4.18. The molecular weight excluding hydrogens is 388 g/mol. The molecule has 1 aromatic heterocycles. The number of carbonyl (C=O) groups excluding carboxylic acids is 1. The van der Waals surface area contributed by atoms with Crippen LogP contribution < -0.4 is 5.32 Å². The molecule has 0 radical (unpaired) electrons. The van der Waals surface area contributed by atoms with Crippen LogP contribution in [0.2, 0.25) is 0 Å². The number of likely N-dealkylation sites (tertiary alicyclic amines) is 1. The van der Waals surface area contributed by atoms with Gasteiger partial charge in [-0.05, 0) is 35.9 Å². The minimum atomic E-state index is -0.320. The van der Waals surface area contributed by atoms with E-state index in [1.54, 1.807) is 6.20 Å². The maximum absolute atomic E-state index is 13.5. The molecule has 0 atom stereocenters. The Morgan fingerprint density at radius 1 is 1.16 bits per heavy atom. The monoisotopic (exact) mass is 416 g/mol. The summed E-state index contributed by atoms with van der Waals surface area (Å²) in [5, 5.41) is 15.1. The summed E-state index contributed by atoms with van der Waals surface area (Å²) < 4.78 is 1.99. The van der Waals surface area contributed by atoms with Gasteiger partial charge in [0.05, 0.1) is 23.9 Å². The van der Waals surface area contributed by atoms with Gasteiger partial charge in [0, 0.05) is 44.3 Å². The molecule has 4 rings (SSSR count). The first kappa shape index (κ1) is 20.9. The number of fused-ring (bicyclic) bond motifs is 1. The minimum Gasteiger partial charge on any atom is -0.393 e. The van der Waals surface area contributed by atoms with Crippen molar-refractivity contribution in [2.75, 3.05) is 20.1 Å². The molecule has 31 heavy (non-hydrogen) atoms. The van der Waals surface area contributed by atoms with Crippen LogP contribution in [0.3, 0.4) is 0 Å². The van der Waals surface area contributed by atoms with E-state index in [9.17, 15) is 9.90 Å². The molecule has 2 aromatic carbocycles. The molecular formula is C25H28N4O2. The first-order chi connectivity index (χ1) is 15.1. The largest absolute Gasteiger partial charge is 0.393 e. The fraction of sp³-hybridized carbons (Fsp3) is 0.280. The van der Waals surface area contributed by atoms with Crippen LogP contribution in [0.25, 0.3) is 21.9 Å². The highest BCUT2D eigenvalue weighted by Crippen LogP contribution is 2.33. The fourth-order valence-electron chi connectivity index (χ4n) is 4.18. The van der Waals surface area contributed by atoms with Crippen LogP contribution in [0, 0.1) is 0 Å². The quantitative estimate of drug-likeness (QED) is 0.603. The average Bonchev–Trinajstić information content (AvgIpc) is 3.22. The molecule has 0 spiro atoms. The van der Waals surface area contributed by atoms with Crippen molar-refractivity contribution in [3.05, 3.63) is 72.3 Å². The lowest BCUT2D eigenvalue weighted by Crippen LogP contribution is -2.40. The Kier molecular flexibility index (Phi) is 6.18. The molecule has 1 aliphatic heterocycles. The number of amides is 1. The average molecular weight is 417 g/mol. The molecule has 6 heteroatoms. The summed E-state index contributed by atoms with van der Waals surface area (Å²) in [5.41, 5.74) is 3.38. The zero-order valence-corrected chi connectivity index (χ0v) is 17.8. The molecule has 0 bridgehead atoms. The Bertz CT molecular complexity index is 1120. The van der Waals surface area contributed by atoms with Crippen LogP contribution in [0.15, 0.2) is 71.7 Å². The van der Waals surface area contributed by atoms with Crippen LogP contribution in [0.5, 0.6) is 0 Å². The van der Waals surface area contributed by atoms with E-state index in [2.05, 4.69) is 41.3 Å². The predicted octanol–water partition coefficient (Wildman–Crippen LogP) is 3.67. The SMILES string of the molecule is C=N/C(=C\NC)Cn1cc(C(=O)N2CCC(O)CC2)c(-c2cccc3ccccc23)c1. The number of benzene rings is 2. The van der Waals surface area contributed by atoms with Gasteiger partial charge >= 0.3 is 0 Å². The highest BCUT2D eigenvalue weighted by molar-refractivity contribution is 6.06. The third-order valence-electron chi connectivity index (χ3n) is 5.80. The van der Waals surface area contributed by atoms with Gasteiger partial charge in [-0.25, -0.2) is 0 Å². The second-order valence-electron chi connectivity index (χ2n) is 7.89. The predicted molar refractivity (Wildman–Crippen MR) is 125 cm³/mol. The summed E-state index contributed by atoms with van der Waals surface area (Å²) in [6, 6.07) is 14.4. The van der Waals surface area contributed by atoms with Gasteiger partial charge in [0.1, 0.15) is 0 Å². The molecule has 0 unspecified atom stereocenters. The number of piperidine rings is 1. The topological polar surface area (TPSA) is 69.9 Å². The van der Waals surface area contributed by atoms with Gasteiger partial charge in [0.2, 0.25) is 0 Å². The van der Waals surface area contributed by atoms with Gasteiger partial charge in [0.15, 0.2) is 0 Å². The maximum atomic E-state index is 13.5. The van der Waals surface area contributed by atoms with Crippen molar-refractivity contribution in [2.45, 2.75) is 25.5 Å². The van der Waals surface area contributed by atoms with Crippen LogP contribution >= 0.6 is 0 Å². The molecule has 0 saturated carbocycles. The number of nitrogens with one attached hydrogen (secondary N) is 1. The third-order valence-corrected chi connectivity index (χ3v) is 5.80. The lowest BCUT2D eigenvalue weighted by Gasteiger charge is -2.29. The van der Waals surface area contributed by atoms with Gasteiger partial charge in [-0.2, -0.15) is 0 Å². The Hall–Kier alpha value is -3.38. The number of carbonyl (C=O) groups is 1. The van der Waals surface area contributed by atoms with E-state index >= 15 is 0 Å². The van der Waals surface area contributed by atoms with Crippen molar-refractivity contribution in [3.63, 3.8) is 0 Å². The molecule has 6 nitrogen and oxygen atoms in total. The van der Waals surface area contributed by atoms with Crippen LogP contribution in [0.1, 0.15) is 23.2 Å². The smallest absolute Gasteiger partial charge is 0.256 e. The molecule has 0 aliphatic carbocycles. The molecule has 1 fully saturated rings. The van der Waals surface area contributed by atoms with E-state index in [4.69, 9.17) is 0 Å². The van der Waals surface area contributed by atoms with Crippen LogP contribution in [-0.4, -0.2) is 53.4 Å². The molecule has 1 amide bonds. The summed E-state index contributed by atoms with van der Waals surface area (Å²) in [6.07, 6.45) is 6.63. The van der Waals surface area contributed by atoms with Crippen molar-refractivity contribution in [2.24, 2.45) is 4.99 Å². The second kappa shape index (κ2) is 9.18. The second-order valence-corrected chi connectivity index (χ2v) is 7.89. The Morgan fingerprint density at radius 2 is 1.90 bits per heavy atom. The normalized spacial score (nSPS) is 15.3. The first-order valence-electron chi connectivity index (χ1n) is 10.6. The number of aliphatic hydroxyl groups excluding tert-OH is 1. The van der Waals surface area contributed by atoms with Crippen molar-refractivity contribution in [1.29, 1.82) is 0 Å². The van der Waals surface area contributed by atoms with E-state index in [0.29, 0.717) is 38.0 Å². The summed E-state index contributed by atoms with van der Waals surface area (Å²) in [6.45, 7) is 5.29. The third kappa shape index (κ3) is 4.39. The van der Waals surface area contributed by atoms with E-state index in [1.165, 1.54) is 0 Å². The van der Waals surface area contributed by atoms with Crippen molar-refractivity contribution >= 4 is 23.4 Å². The van der Waals surface area contributed by atoms with E-state index < -0.39 is 0 Å². The highest BCUT2D eigenvalue weighted by Gasteiger charge is 2.26. The Balaban J connectivity index is 1.79. The van der Waals surface area contributed by atoms with Crippen LogP contribution in [0.4, 0.5) is 0 Å². The number of allylic oxidation sites excluding steroid dienone is 1. The number of aliphatic imine (C=N–C) groups is 1. The number of aromatic nitrogens is 1. The van der Waals surface area contributed by atoms with E-state index in [0.717, 1.165) is 27.6 Å². The van der Waals surface area contributed by atoms with Crippen molar-refractivity contribution < 1.29 is 9.90 Å². The van der Waals surface area contributed by atoms with Gasteiger partial charge in [0.25, 0.3) is 5.91 Å². The number of nitrogens with zero attached hydrogens (tertiary/aromatic N) is 3. The highest BCUT2D eigenvalue weighted by atomic mass is 16.3. The molecule has 1 aliphatic rings. The zero-order valence-electron chi connectivity index (χ0n) is 17.8. The van der Waals surface area contributed by atoms with E-state index in [-0.39, 0.29) is 12.0 Å². The Morgan fingerprint density at radius 3 is 2.65 bits per heavy atom. The molecule has 160 valence electrons. The molecule has 2 N–H and O–H groups in total.